The minimum atomic E-state index is 0.271. The van der Waals surface area contributed by atoms with Crippen LogP contribution in [0.15, 0.2) is 40.9 Å². The number of thiophene rings is 1. The maximum absolute atomic E-state index is 5.76. The summed E-state index contributed by atoms with van der Waals surface area (Å²) in [7, 11) is 0. The second kappa shape index (κ2) is 5.34. The summed E-state index contributed by atoms with van der Waals surface area (Å²) in [4.78, 5) is 5.23. The number of benzene rings is 1. The van der Waals surface area contributed by atoms with Gasteiger partial charge in [0.2, 0.25) is 5.82 Å². The molecule has 2 aromatic heterocycles. The van der Waals surface area contributed by atoms with Crippen molar-refractivity contribution >= 4 is 16.3 Å². The zero-order valence-electron chi connectivity index (χ0n) is 10.9. The second-order valence-electron chi connectivity index (χ2n) is 4.28. The second-order valence-corrected chi connectivity index (χ2v) is 5.36. The van der Waals surface area contributed by atoms with Crippen LogP contribution in [0, 0.1) is 6.92 Å². The number of anilines is 1. The molecule has 102 valence electrons. The minimum Gasteiger partial charge on any atom is -0.485 e. The number of nitrogens with zero attached hydrogens (tertiary/aromatic N) is 2. The zero-order chi connectivity index (χ0) is 13.9. The van der Waals surface area contributed by atoms with Gasteiger partial charge in [0.05, 0.1) is 9.88 Å². The first-order valence-electron chi connectivity index (χ1n) is 6.09. The van der Waals surface area contributed by atoms with Gasteiger partial charge in [-0.2, -0.15) is 4.98 Å². The van der Waals surface area contributed by atoms with E-state index in [9.17, 15) is 0 Å². The van der Waals surface area contributed by atoms with Crippen molar-refractivity contribution in [2.45, 2.75) is 13.5 Å². The van der Waals surface area contributed by atoms with Crippen molar-refractivity contribution in [1.82, 2.24) is 10.1 Å². The molecule has 20 heavy (non-hydrogen) atoms. The van der Waals surface area contributed by atoms with Gasteiger partial charge < -0.3 is 15.0 Å². The fourth-order valence-corrected chi connectivity index (χ4v) is 2.65. The minimum absolute atomic E-state index is 0.271. The molecule has 1 aromatic carbocycles. The lowest BCUT2D eigenvalue weighted by atomic mass is 10.3. The van der Waals surface area contributed by atoms with E-state index >= 15 is 0 Å². The van der Waals surface area contributed by atoms with E-state index in [0.29, 0.717) is 11.7 Å². The molecule has 2 N–H and O–H groups in total. The van der Waals surface area contributed by atoms with Crippen molar-refractivity contribution in [1.29, 1.82) is 0 Å². The summed E-state index contributed by atoms with van der Waals surface area (Å²) in [6, 6.07) is 11.4. The third-order valence-electron chi connectivity index (χ3n) is 2.71. The highest BCUT2D eigenvalue weighted by Gasteiger charge is 2.14. The summed E-state index contributed by atoms with van der Waals surface area (Å²) in [5.74, 6) is 1.77. The SMILES string of the molecule is Cc1cc(N)sc1-c1nc(COc2ccccc2)no1. The van der Waals surface area contributed by atoms with Gasteiger partial charge in [-0.25, -0.2) is 0 Å². The molecule has 0 spiro atoms. The third-order valence-corrected chi connectivity index (χ3v) is 3.76. The van der Waals surface area contributed by atoms with Gasteiger partial charge in [-0.05, 0) is 30.7 Å². The van der Waals surface area contributed by atoms with Gasteiger partial charge in [0.1, 0.15) is 5.75 Å². The molecule has 0 unspecified atom stereocenters. The Bertz CT molecular complexity index is 706. The highest BCUT2D eigenvalue weighted by Crippen LogP contribution is 2.32. The van der Waals surface area contributed by atoms with Gasteiger partial charge in [0.25, 0.3) is 5.89 Å². The Kier molecular flexibility index (Phi) is 3.39. The maximum atomic E-state index is 5.76. The molecule has 0 fully saturated rings. The van der Waals surface area contributed by atoms with Gasteiger partial charge in [-0.3, -0.25) is 0 Å². The van der Waals surface area contributed by atoms with Crippen LogP contribution in [0.2, 0.25) is 0 Å². The third kappa shape index (κ3) is 2.65. The molecule has 3 aromatic rings. The van der Waals surface area contributed by atoms with Crippen molar-refractivity contribution in [3.8, 4) is 16.5 Å². The number of aromatic nitrogens is 2. The predicted molar refractivity (Wildman–Crippen MR) is 77.5 cm³/mol. The molecular weight excluding hydrogens is 274 g/mol. The van der Waals surface area contributed by atoms with E-state index in [0.717, 1.165) is 21.2 Å². The molecule has 0 radical (unpaired) electrons. The van der Waals surface area contributed by atoms with Gasteiger partial charge >= 0.3 is 0 Å². The molecule has 0 aliphatic heterocycles. The van der Waals surface area contributed by atoms with E-state index in [-0.39, 0.29) is 6.61 Å². The molecule has 0 atom stereocenters. The average molecular weight is 287 g/mol. The van der Waals surface area contributed by atoms with Crippen molar-refractivity contribution in [3.05, 3.63) is 47.8 Å². The highest BCUT2D eigenvalue weighted by molar-refractivity contribution is 7.19. The maximum Gasteiger partial charge on any atom is 0.268 e. The number of para-hydroxylation sites is 1. The largest absolute Gasteiger partial charge is 0.485 e. The quantitative estimate of drug-likeness (QED) is 0.797. The number of aryl methyl sites for hydroxylation is 1. The molecule has 0 saturated carbocycles. The van der Waals surface area contributed by atoms with E-state index in [1.54, 1.807) is 0 Å². The van der Waals surface area contributed by atoms with Gasteiger partial charge in [0.15, 0.2) is 6.61 Å². The summed E-state index contributed by atoms with van der Waals surface area (Å²) in [5, 5.41) is 4.65. The molecule has 3 rings (SSSR count). The number of nitrogen functional groups attached to an aromatic ring is 1. The summed E-state index contributed by atoms with van der Waals surface area (Å²) < 4.78 is 10.8. The van der Waals surface area contributed by atoms with Crippen molar-refractivity contribution in [3.63, 3.8) is 0 Å². The number of ether oxygens (including phenoxy) is 1. The molecule has 0 bridgehead atoms. The fraction of sp³-hybridized carbons (Fsp3) is 0.143. The standard InChI is InChI=1S/C14H13N3O2S/c1-9-7-11(15)20-13(9)14-16-12(17-19-14)8-18-10-5-3-2-4-6-10/h2-7H,8,15H2,1H3. The Morgan fingerprint density at radius 1 is 1.30 bits per heavy atom. The number of rotatable bonds is 4. The first-order chi connectivity index (χ1) is 9.72. The number of hydrogen-bond donors (Lipinski definition) is 1. The van der Waals surface area contributed by atoms with Gasteiger partial charge in [-0.15, -0.1) is 11.3 Å². The Morgan fingerprint density at radius 2 is 2.10 bits per heavy atom. The Morgan fingerprint density at radius 3 is 2.80 bits per heavy atom. The number of hydrogen-bond acceptors (Lipinski definition) is 6. The lowest BCUT2D eigenvalue weighted by molar-refractivity contribution is 0.287. The Hall–Kier alpha value is -2.34. The molecule has 2 heterocycles. The summed E-state index contributed by atoms with van der Waals surface area (Å²) >= 11 is 1.44. The van der Waals surface area contributed by atoms with Crippen LogP contribution in [0.5, 0.6) is 5.75 Å². The van der Waals surface area contributed by atoms with E-state index in [1.807, 2.05) is 43.3 Å². The van der Waals surface area contributed by atoms with Crippen LogP contribution in [0.4, 0.5) is 5.00 Å². The van der Waals surface area contributed by atoms with Crippen LogP contribution in [0.3, 0.4) is 0 Å². The van der Waals surface area contributed by atoms with Crippen LogP contribution in [0.1, 0.15) is 11.4 Å². The van der Waals surface area contributed by atoms with Crippen LogP contribution < -0.4 is 10.5 Å². The normalized spacial score (nSPS) is 10.7. The molecule has 5 nitrogen and oxygen atoms in total. The number of nitrogens with two attached hydrogens (primary N) is 1. The fourth-order valence-electron chi connectivity index (χ4n) is 1.79. The van der Waals surface area contributed by atoms with Crippen LogP contribution >= 0.6 is 11.3 Å². The lowest BCUT2D eigenvalue weighted by Crippen LogP contribution is -1.97. The predicted octanol–water partition coefficient (Wildman–Crippen LogP) is 3.27. The highest BCUT2D eigenvalue weighted by atomic mass is 32.1. The topological polar surface area (TPSA) is 74.2 Å². The first kappa shape index (κ1) is 12.7. The van der Waals surface area contributed by atoms with Gasteiger partial charge in [0, 0.05) is 0 Å². The van der Waals surface area contributed by atoms with Gasteiger partial charge in [-0.1, -0.05) is 23.4 Å². The molecule has 6 heteroatoms. The zero-order valence-corrected chi connectivity index (χ0v) is 11.7. The Labute approximate surface area is 120 Å². The van der Waals surface area contributed by atoms with E-state index in [2.05, 4.69) is 10.1 Å². The van der Waals surface area contributed by atoms with Crippen molar-refractivity contribution < 1.29 is 9.26 Å². The lowest BCUT2D eigenvalue weighted by Gasteiger charge is -2.01. The van der Waals surface area contributed by atoms with Crippen LogP contribution in [0.25, 0.3) is 10.8 Å². The molecule has 0 amide bonds. The molecule has 0 saturated heterocycles. The van der Waals surface area contributed by atoms with Crippen LogP contribution in [-0.4, -0.2) is 10.1 Å². The average Bonchev–Trinajstić information content (AvgIpc) is 3.04. The van der Waals surface area contributed by atoms with E-state index in [4.69, 9.17) is 15.0 Å². The van der Waals surface area contributed by atoms with E-state index < -0.39 is 0 Å². The monoisotopic (exact) mass is 287 g/mol. The molecule has 0 aliphatic rings. The summed E-state index contributed by atoms with van der Waals surface area (Å²) in [6.07, 6.45) is 0. The van der Waals surface area contributed by atoms with E-state index in [1.165, 1.54) is 11.3 Å². The Balaban J connectivity index is 1.73. The summed E-state index contributed by atoms with van der Waals surface area (Å²) in [5.41, 5.74) is 6.80. The first-order valence-corrected chi connectivity index (χ1v) is 6.91. The van der Waals surface area contributed by atoms with Crippen molar-refractivity contribution in [2.24, 2.45) is 0 Å². The summed E-state index contributed by atoms with van der Waals surface area (Å²) in [6.45, 7) is 2.24. The van der Waals surface area contributed by atoms with Crippen LogP contribution in [-0.2, 0) is 6.61 Å². The molecular formula is C14H13N3O2S. The molecule has 0 aliphatic carbocycles. The smallest absolute Gasteiger partial charge is 0.268 e. The van der Waals surface area contributed by atoms with Crippen molar-refractivity contribution in [2.75, 3.05) is 5.73 Å².